The number of carbonyl (C=O) groups is 1. The van der Waals surface area contributed by atoms with E-state index < -0.39 is 9.84 Å². The van der Waals surface area contributed by atoms with Crippen molar-refractivity contribution in [1.82, 2.24) is 5.32 Å². The normalized spacial score (nSPS) is 26.7. The number of anilines is 1. The zero-order valence-electron chi connectivity index (χ0n) is 17.7. The van der Waals surface area contributed by atoms with Crippen LogP contribution in [0.3, 0.4) is 0 Å². The van der Waals surface area contributed by atoms with E-state index >= 15 is 0 Å². The molecule has 2 fully saturated rings. The summed E-state index contributed by atoms with van der Waals surface area (Å²) in [5.41, 5.74) is 2.69. The Kier molecular flexibility index (Phi) is 5.39. The van der Waals surface area contributed by atoms with Crippen molar-refractivity contribution in [3.8, 4) is 0 Å². The van der Waals surface area contributed by atoms with Crippen molar-refractivity contribution < 1.29 is 13.2 Å². The molecular formula is C24H30N2O3S. The third kappa shape index (κ3) is 3.97. The molecule has 0 radical (unpaired) electrons. The van der Waals surface area contributed by atoms with Crippen LogP contribution in [0.2, 0.25) is 0 Å². The summed E-state index contributed by atoms with van der Waals surface area (Å²) in [4.78, 5) is 14.7. The molecule has 1 saturated carbocycles. The second kappa shape index (κ2) is 7.73. The van der Waals surface area contributed by atoms with Crippen LogP contribution in [0.15, 0.2) is 54.6 Å². The third-order valence-electron chi connectivity index (χ3n) is 7.01. The van der Waals surface area contributed by atoms with Crippen molar-refractivity contribution in [2.45, 2.75) is 55.7 Å². The van der Waals surface area contributed by atoms with Crippen LogP contribution in [-0.4, -0.2) is 32.8 Å². The standard InChI is InChI=1S/C24H30N2O3S/c1-3-23(20-10-5-4-6-11-20)13-15-24(16-14-23)18-26(22(27)25-24)21-12-8-7-9-19(21)17-30(2,28)29/h4-12H,3,13-18H2,1-2H3,(H,25,27). The van der Waals surface area contributed by atoms with Crippen LogP contribution < -0.4 is 10.2 Å². The number of nitrogens with zero attached hydrogens (tertiary/aromatic N) is 1. The van der Waals surface area contributed by atoms with E-state index in [1.54, 1.807) is 11.0 Å². The van der Waals surface area contributed by atoms with Crippen LogP contribution in [0.25, 0.3) is 0 Å². The summed E-state index contributed by atoms with van der Waals surface area (Å²) in [6.07, 6.45) is 6.23. The SMILES string of the molecule is CCC1(c2ccccc2)CCC2(CC1)CN(c1ccccc1CS(C)(=O)=O)C(=O)N2. The number of hydrogen-bond acceptors (Lipinski definition) is 3. The molecule has 1 spiro atoms. The number of urea groups is 1. The van der Waals surface area contributed by atoms with Crippen molar-refractivity contribution in [2.75, 3.05) is 17.7 Å². The largest absolute Gasteiger partial charge is 0.330 e. The van der Waals surface area contributed by atoms with Gasteiger partial charge in [0.2, 0.25) is 0 Å². The highest BCUT2D eigenvalue weighted by Crippen LogP contribution is 2.47. The zero-order valence-corrected chi connectivity index (χ0v) is 18.5. The first-order valence-corrected chi connectivity index (χ1v) is 12.7. The van der Waals surface area contributed by atoms with E-state index in [2.05, 4.69) is 42.6 Å². The van der Waals surface area contributed by atoms with Gasteiger partial charge in [0.1, 0.15) is 0 Å². The van der Waals surface area contributed by atoms with Gasteiger partial charge in [0.15, 0.2) is 9.84 Å². The lowest BCUT2D eigenvalue weighted by molar-refractivity contribution is 0.184. The minimum Gasteiger partial charge on any atom is -0.330 e. The molecular weight excluding hydrogens is 396 g/mol. The molecule has 0 bridgehead atoms. The van der Waals surface area contributed by atoms with Gasteiger partial charge in [-0.1, -0.05) is 55.5 Å². The Morgan fingerprint density at radius 2 is 1.60 bits per heavy atom. The monoisotopic (exact) mass is 426 g/mol. The van der Waals surface area contributed by atoms with Crippen molar-refractivity contribution >= 4 is 21.6 Å². The quantitative estimate of drug-likeness (QED) is 0.770. The fraction of sp³-hybridized carbons (Fsp3) is 0.458. The average molecular weight is 427 g/mol. The van der Waals surface area contributed by atoms with Crippen molar-refractivity contribution in [1.29, 1.82) is 0 Å². The van der Waals surface area contributed by atoms with Crippen LogP contribution in [0.5, 0.6) is 0 Å². The number of benzene rings is 2. The van der Waals surface area contributed by atoms with Crippen LogP contribution in [0.4, 0.5) is 10.5 Å². The molecule has 4 rings (SSSR count). The summed E-state index contributed by atoms with van der Waals surface area (Å²) in [6, 6.07) is 17.9. The predicted molar refractivity (Wildman–Crippen MR) is 120 cm³/mol. The Bertz CT molecular complexity index is 1030. The molecule has 2 aromatic rings. The maximum absolute atomic E-state index is 12.9. The van der Waals surface area contributed by atoms with Gasteiger partial charge >= 0.3 is 6.03 Å². The van der Waals surface area contributed by atoms with E-state index in [0.29, 0.717) is 17.8 Å². The Balaban J connectivity index is 1.55. The van der Waals surface area contributed by atoms with E-state index in [1.165, 1.54) is 11.8 Å². The molecule has 2 aromatic carbocycles. The fourth-order valence-electron chi connectivity index (χ4n) is 5.21. The number of nitrogens with one attached hydrogen (secondary N) is 1. The number of rotatable bonds is 5. The molecule has 1 heterocycles. The smallest absolute Gasteiger partial charge is 0.322 e. The molecule has 2 aliphatic rings. The van der Waals surface area contributed by atoms with Crippen molar-refractivity contribution in [2.24, 2.45) is 0 Å². The summed E-state index contributed by atoms with van der Waals surface area (Å²) in [5, 5.41) is 3.26. The van der Waals surface area contributed by atoms with Crippen LogP contribution in [-0.2, 0) is 21.0 Å². The lowest BCUT2D eigenvalue weighted by Gasteiger charge is -2.44. The zero-order chi connectivity index (χ0) is 21.4. The fourth-order valence-corrected chi connectivity index (χ4v) is 6.02. The predicted octanol–water partition coefficient (Wildman–Crippen LogP) is 4.42. The Labute approximate surface area is 179 Å². The first-order chi connectivity index (χ1) is 14.3. The highest BCUT2D eigenvalue weighted by atomic mass is 32.2. The number of amides is 2. The lowest BCUT2D eigenvalue weighted by atomic mass is 9.63. The second-order valence-electron chi connectivity index (χ2n) is 9.00. The molecule has 0 atom stereocenters. The highest BCUT2D eigenvalue weighted by molar-refractivity contribution is 7.89. The van der Waals surface area contributed by atoms with Gasteiger partial charge in [-0.25, -0.2) is 13.2 Å². The first-order valence-electron chi connectivity index (χ1n) is 10.7. The van der Waals surface area contributed by atoms with Crippen LogP contribution in [0.1, 0.15) is 50.2 Å². The molecule has 160 valence electrons. The highest BCUT2D eigenvalue weighted by Gasteiger charge is 2.49. The number of hydrogen-bond donors (Lipinski definition) is 1. The molecule has 1 aliphatic heterocycles. The molecule has 2 amide bonds. The average Bonchev–Trinajstić information content (AvgIpc) is 3.05. The molecule has 1 saturated heterocycles. The third-order valence-corrected chi connectivity index (χ3v) is 7.84. The summed E-state index contributed by atoms with van der Waals surface area (Å²) in [7, 11) is -3.19. The Hall–Kier alpha value is -2.34. The second-order valence-corrected chi connectivity index (χ2v) is 11.1. The van der Waals surface area contributed by atoms with Gasteiger partial charge in [-0.15, -0.1) is 0 Å². The summed E-state index contributed by atoms with van der Waals surface area (Å²) in [6.45, 7) is 2.84. The van der Waals surface area contributed by atoms with E-state index in [4.69, 9.17) is 0 Å². The summed E-state index contributed by atoms with van der Waals surface area (Å²) in [5.74, 6) is -0.0626. The van der Waals surface area contributed by atoms with E-state index in [1.807, 2.05) is 18.2 Å². The van der Waals surface area contributed by atoms with E-state index in [-0.39, 0.29) is 22.7 Å². The Morgan fingerprint density at radius 1 is 0.967 bits per heavy atom. The molecule has 1 aliphatic carbocycles. The van der Waals surface area contributed by atoms with Crippen LogP contribution in [0, 0.1) is 0 Å². The van der Waals surface area contributed by atoms with Gasteiger partial charge in [-0.3, -0.25) is 4.90 Å². The first kappa shape index (κ1) is 20.9. The van der Waals surface area contributed by atoms with Gasteiger partial charge in [-0.05, 0) is 54.7 Å². The lowest BCUT2D eigenvalue weighted by Crippen LogP contribution is -2.49. The van der Waals surface area contributed by atoms with Gasteiger partial charge in [-0.2, -0.15) is 0 Å². The van der Waals surface area contributed by atoms with E-state index in [9.17, 15) is 13.2 Å². The maximum atomic E-state index is 12.9. The maximum Gasteiger partial charge on any atom is 0.322 e. The molecule has 6 heteroatoms. The molecule has 0 aromatic heterocycles. The number of para-hydroxylation sites is 1. The van der Waals surface area contributed by atoms with Gasteiger partial charge in [0.05, 0.1) is 17.8 Å². The Morgan fingerprint density at radius 3 is 2.23 bits per heavy atom. The number of carbonyl (C=O) groups excluding carboxylic acids is 1. The van der Waals surface area contributed by atoms with E-state index in [0.717, 1.165) is 32.1 Å². The summed E-state index contributed by atoms with van der Waals surface area (Å²) >= 11 is 0. The number of sulfone groups is 1. The summed E-state index contributed by atoms with van der Waals surface area (Å²) < 4.78 is 23.7. The van der Waals surface area contributed by atoms with Crippen molar-refractivity contribution in [3.05, 3.63) is 65.7 Å². The molecule has 5 nitrogen and oxygen atoms in total. The van der Waals surface area contributed by atoms with Gasteiger partial charge < -0.3 is 5.32 Å². The van der Waals surface area contributed by atoms with Gasteiger partial charge in [0.25, 0.3) is 0 Å². The molecule has 1 N–H and O–H groups in total. The molecule has 0 unspecified atom stereocenters. The minimum atomic E-state index is -3.19. The topological polar surface area (TPSA) is 66.5 Å². The molecule has 30 heavy (non-hydrogen) atoms. The van der Waals surface area contributed by atoms with Gasteiger partial charge in [0, 0.05) is 11.9 Å². The van der Waals surface area contributed by atoms with Crippen molar-refractivity contribution in [3.63, 3.8) is 0 Å². The minimum absolute atomic E-state index is 0.0626. The van der Waals surface area contributed by atoms with Crippen LogP contribution >= 0.6 is 0 Å².